The molecule has 0 aliphatic carbocycles. The van der Waals surface area contributed by atoms with Gasteiger partial charge in [-0.15, -0.1) is 0 Å². The predicted molar refractivity (Wildman–Crippen MR) is 602 cm³/mol. The van der Waals surface area contributed by atoms with Crippen LogP contribution >= 0.6 is 0 Å². The van der Waals surface area contributed by atoms with Crippen LogP contribution in [0.1, 0.15) is 0 Å². The lowest BCUT2D eigenvalue weighted by molar-refractivity contribution is 0.672. The van der Waals surface area contributed by atoms with Gasteiger partial charge in [0.15, 0.2) is 17.5 Å². The minimum absolute atomic E-state index is 0.671. The van der Waals surface area contributed by atoms with Gasteiger partial charge < -0.3 is 13.3 Å². The molecule has 9 heterocycles. The highest BCUT2D eigenvalue weighted by molar-refractivity contribution is 6.25. The maximum Gasteiger partial charge on any atom is 0.160 e. The third-order valence-electron chi connectivity index (χ3n) is 27.9. The van der Waals surface area contributed by atoms with Crippen molar-refractivity contribution in [1.29, 1.82) is 0 Å². The molecule has 0 unspecified atom stereocenters. The van der Waals surface area contributed by atoms with Crippen LogP contribution < -0.4 is 0 Å². The molecule has 0 radical (unpaired) electrons. The normalized spacial score (nSPS) is 11.5. The van der Waals surface area contributed by atoms with Gasteiger partial charge in [0.1, 0.15) is 33.5 Å². The average molecular weight is 1880 g/mol. The number of furan rings is 3. The van der Waals surface area contributed by atoms with Crippen molar-refractivity contribution in [2.24, 2.45) is 0 Å². The van der Waals surface area contributed by atoms with Crippen LogP contribution in [0.4, 0.5) is 0 Å². The molecule has 0 saturated heterocycles. The summed E-state index contributed by atoms with van der Waals surface area (Å²) in [5, 5.41) is 16.0. The van der Waals surface area contributed by atoms with Crippen molar-refractivity contribution in [3.63, 3.8) is 0 Å². The summed E-state index contributed by atoms with van der Waals surface area (Å²) in [6, 6.07) is 173. The van der Waals surface area contributed by atoms with Gasteiger partial charge in [-0.25, -0.2) is 44.9 Å². The van der Waals surface area contributed by atoms with Gasteiger partial charge in [0.2, 0.25) is 0 Å². The molecular formula is C135H83N9O3. The largest absolute Gasteiger partial charge is 0.455 e. The molecule has 0 saturated carbocycles. The first-order chi connectivity index (χ1) is 72.8. The molecule has 29 aromatic rings. The van der Waals surface area contributed by atoms with Crippen LogP contribution in [0.3, 0.4) is 0 Å². The Labute approximate surface area is 844 Å². The quantitative estimate of drug-likeness (QED) is 0.102. The number of rotatable bonds is 14. The molecule has 0 N–H and O–H groups in total. The lowest BCUT2D eigenvalue weighted by Crippen LogP contribution is -1.96. The number of aromatic nitrogens is 9. The van der Waals surface area contributed by atoms with Crippen molar-refractivity contribution >= 4 is 131 Å². The second-order valence-electron chi connectivity index (χ2n) is 36.8. The Kier molecular flexibility index (Phi) is 21.6. The number of hydrogen-bond acceptors (Lipinski definition) is 12. The van der Waals surface area contributed by atoms with E-state index in [1.54, 1.807) is 0 Å². The highest BCUT2D eigenvalue weighted by Gasteiger charge is 2.27. The third kappa shape index (κ3) is 16.1. The van der Waals surface area contributed by atoms with E-state index in [9.17, 15) is 0 Å². The molecule has 0 atom stereocenters. The monoisotopic (exact) mass is 1880 g/mol. The Morgan fingerprint density at radius 2 is 0.347 bits per heavy atom. The summed E-state index contributed by atoms with van der Waals surface area (Å²) in [6.45, 7) is 0. The van der Waals surface area contributed by atoms with Gasteiger partial charge in [0, 0.05) is 99.1 Å². The fraction of sp³-hybridized carbons (Fsp3) is 0. The number of pyridine rings is 3. The fourth-order valence-corrected chi connectivity index (χ4v) is 20.7. The summed E-state index contributed by atoms with van der Waals surface area (Å²) in [7, 11) is 0. The van der Waals surface area contributed by atoms with Crippen LogP contribution in [0.25, 0.3) is 289 Å². The highest BCUT2D eigenvalue weighted by atomic mass is 16.3. The number of para-hydroxylation sites is 3. The van der Waals surface area contributed by atoms with Crippen molar-refractivity contribution in [2.45, 2.75) is 0 Å². The summed E-state index contributed by atoms with van der Waals surface area (Å²) < 4.78 is 20.0. The molecule has 0 bridgehead atoms. The van der Waals surface area contributed by atoms with Crippen molar-refractivity contribution < 1.29 is 13.3 Å². The van der Waals surface area contributed by atoms with E-state index in [0.717, 1.165) is 244 Å². The second-order valence-corrected chi connectivity index (χ2v) is 36.8. The SMILES string of the molecule is c1ccc(-c2cc(-c3ccc4nc(-c5cccc6ccccc56)c5c6ccccc6oc5c4c3)nc(-c3ccccc3)n2)cc1.c1ccc(-c2ccc(-c3cc(-c4ccc5nc(-c6cccc7ccccc67)c6c7ccccc7oc6c5c4)nc(-c4ccccc4)n3)cc2)cc1.c1ccc(-c2ccc(-c3nc(-c4ccccc4)cc(-c4ccc5nc(-c6cccc7ccccc67)c6c7ccccc7oc6c5c4)n3)cc2)cc1. The molecule has 0 aliphatic heterocycles. The third-order valence-corrected chi connectivity index (χ3v) is 27.9. The lowest BCUT2D eigenvalue weighted by Gasteiger charge is -2.12. The van der Waals surface area contributed by atoms with Crippen molar-refractivity contribution in [1.82, 2.24) is 44.9 Å². The van der Waals surface area contributed by atoms with Crippen LogP contribution in [0.2, 0.25) is 0 Å². The molecule has 12 nitrogen and oxygen atoms in total. The summed E-state index contributed by atoms with van der Waals surface area (Å²) in [4.78, 5) is 46.5. The molecule has 686 valence electrons. The molecule has 147 heavy (non-hydrogen) atoms. The van der Waals surface area contributed by atoms with E-state index >= 15 is 0 Å². The molecule has 12 heteroatoms. The first-order valence-corrected chi connectivity index (χ1v) is 49.2. The van der Waals surface area contributed by atoms with Crippen LogP contribution in [0, 0.1) is 0 Å². The molecule has 0 aliphatic rings. The summed E-state index contributed by atoms with van der Waals surface area (Å²) >= 11 is 0. The summed E-state index contributed by atoms with van der Waals surface area (Å²) in [5.41, 5.74) is 32.2. The minimum atomic E-state index is 0.671. The number of nitrogens with zero attached hydrogens (tertiary/aromatic N) is 9. The van der Waals surface area contributed by atoms with E-state index in [-0.39, 0.29) is 0 Å². The van der Waals surface area contributed by atoms with Gasteiger partial charge in [-0.2, -0.15) is 0 Å². The van der Waals surface area contributed by atoms with Crippen molar-refractivity contribution in [3.8, 4) is 158 Å². The zero-order valence-corrected chi connectivity index (χ0v) is 79.2. The standard InChI is InChI=1S/2C47H29N3O.C41H25N3O/c1-3-12-30(13-4-1)31-22-24-33(25-23-31)41-29-42(50-47(49-41)34-15-5-2-6-16-34)35-26-27-40-39(28-35)46-44(38-19-9-10-21-43(38)51-46)45(48-40)37-20-11-17-32-14-7-8-18-36(32)37;1-3-12-30(13-4-1)31-22-24-34(25-23-31)47-49-41(33-15-5-2-6-16-33)29-42(50-47)35-26-27-40-39(28-35)46-44(38-19-9-10-21-43(38)51-46)45(48-40)37-20-11-17-32-14-7-8-18-36(32)37;1-3-13-27(14-4-1)35-25-36(44-41(43-35)28-15-5-2-6-16-28)29-22-23-34-33(24-29)40-38(32-19-9-10-21-37(32)45-40)39(42-34)31-20-11-17-26-12-7-8-18-30(26)31/h2*1-29H;1-25H. The van der Waals surface area contributed by atoms with Crippen LogP contribution in [0.15, 0.2) is 517 Å². The van der Waals surface area contributed by atoms with E-state index in [4.69, 9.17) is 58.1 Å². The Hall–Kier alpha value is -20.0. The highest BCUT2D eigenvalue weighted by Crippen LogP contribution is 2.49. The van der Waals surface area contributed by atoms with Crippen LogP contribution in [0.5, 0.6) is 0 Å². The topological polar surface area (TPSA) is 155 Å². The van der Waals surface area contributed by atoms with Gasteiger partial charge in [-0.05, 0) is 127 Å². The Balaban J connectivity index is 0.000000109. The Morgan fingerprint density at radius 3 is 0.653 bits per heavy atom. The van der Waals surface area contributed by atoms with E-state index in [1.165, 1.54) is 27.3 Å². The zero-order valence-electron chi connectivity index (χ0n) is 79.2. The van der Waals surface area contributed by atoms with E-state index in [2.05, 4.69) is 370 Å². The molecular weight excluding hydrogens is 1800 g/mol. The van der Waals surface area contributed by atoms with Gasteiger partial charge >= 0.3 is 0 Å². The van der Waals surface area contributed by atoms with Gasteiger partial charge in [0.05, 0.1) is 84.0 Å². The summed E-state index contributed by atoms with van der Waals surface area (Å²) in [5.74, 6) is 2.03. The molecule has 9 aromatic heterocycles. The van der Waals surface area contributed by atoms with Crippen LogP contribution in [-0.4, -0.2) is 44.9 Å². The van der Waals surface area contributed by atoms with Crippen LogP contribution in [-0.2, 0) is 0 Å². The Bertz CT molecular complexity index is 9690. The first kappa shape index (κ1) is 86.2. The molecule has 29 rings (SSSR count). The van der Waals surface area contributed by atoms with Crippen molar-refractivity contribution in [2.75, 3.05) is 0 Å². The van der Waals surface area contributed by atoms with Crippen molar-refractivity contribution in [3.05, 3.63) is 504 Å². The molecule has 0 amide bonds. The Morgan fingerprint density at radius 1 is 0.136 bits per heavy atom. The molecule has 20 aromatic carbocycles. The van der Waals surface area contributed by atoms with E-state index < -0.39 is 0 Å². The predicted octanol–water partition coefficient (Wildman–Crippen LogP) is 35.6. The fourth-order valence-electron chi connectivity index (χ4n) is 20.7. The van der Waals surface area contributed by atoms with Gasteiger partial charge in [-0.3, -0.25) is 0 Å². The number of benzene rings is 20. The maximum atomic E-state index is 6.69. The van der Waals surface area contributed by atoms with E-state index in [1.807, 2.05) is 133 Å². The molecule has 0 fully saturated rings. The second kappa shape index (κ2) is 36.9. The smallest absolute Gasteiger partial charge is 0.160 e. The minimum Gasteiger partial charge on any atom is -0.455 e. The van der Waals surface area contributed by atoms with Gasteiger partial charge in [-0.1, -0.05) is 431 Å². The first-order valence-electron chi connectivity index (χ1n) is 49.2. The van der Waals surface area contributed by atoms with Gasteiger partial charge in [0.25, 0.3) is 0 Å². The lowest BCUT2D eigenvalue weighted by atomic mass is 9.97. The van der Waals surface area contributed by atoms with E-state index in [0.29, 0.717) is 17.5 Å². The maximum absolute atomic E-state index is 6.69. The molecule has 0 spiro atoms. The average Bonchev–Trinajstić information content (AvgIpc) is 1.60. The number of hydrogen-bond donors (Lipinski definition) is 0. The summed E-state index contributed by atoms with van der Waals surface area (Å²) in [6.07, 6.45) is 0. The number of fused-ring (bicyclic) bond motifs is 18. The zero-order chi connectivity index (χ0) is 97.2.